The molecular weight excluding hydrogens is 382 g/mol. The fourth-order valence-electron chi connectivity index (χ4n) is 3.13. The number of likely N-dealkylation sites (N-methyl/N-ethyl adjacent to an activating group) is 1. The molecule has 0 saturated carbocycles. The number of ether oxygens (including phenoxy) is 2. The molecule has 0 aromatic heterocycles. The van der Waals surface area contributed by atoms with E-state index in [9.17, 15) is 9.59 Å². The van der Waals surface area contributed by atoms with Gasteiger partial charge in [0.1, 0.15) is 0 Å². The Morgan fingerprint density at radius 2 is 1.70 bits per heavy atom. The van der Waals surface area contributed by atoms with Crippen molar-refractivity contribution in [2.75, 3.05) is 34.0 Å². The number of Topliss-reactive ketones (excluding diaryl/α,β-unsaturated/α-hetero) is 1. The van der Waals surface area contributed by atoms with Crippen molar-refractivity contribution >= 4 is 11.7 Å². The summed E-state index contributed by atoms with van der Waals surface area (Å²) in [7, 11) is 3.66. The quantitative estimate of drug-likeness (QED) is 0.740. The van der Waals surface area contributed by atoms with Crippen LogP contribution >= 0.6 is 0 Å². The monoisotopic (exact) mass is 419 g/mol. The standard InChI is InChI=1S/C19H26N2O4.C4H11N/c1-12(17(22)13-6-7-15-16(8-13)25-11-24-15)20(5)18(23)14-9-21(10-14)19(2,3)4;1-4(2)5-3/h6-8,12,14H,9-11H2,1-5H3;4-5H,1-3H3. The van der Waals surface area contributed by atoms with Crippen LogP contribution in [0.25, 0.3) is 0 Å². The lowest BCUT2D eigenvalue weighted by Crippen LogP contribution is -2.61. The third kappa shape index (κ3) is 5.73. The SMILES string of the molecule is CC(C(=O)c1ccc2c(c1)OCO2)N(C)C(=O)C1CN(C(C)(C)C)C1.CNC(C)C. The van der Waals surface area contributed by atoms with Crippen molar-refractivity contribution in [2.45, 2.75) is 59.2 Å². The van der Waals surface area contributed by atoms with E-state index in [1.165, 1.54) is 0 Å². The molecule has 1 atom stereocenters. The summed E-state index contributed by atoms with van der Waals surface area (Å²) in [4.78, 5) is 29.2. The highest BCUT2D eigenvalue weighted by atomic mass is 16.7. The predicted octanol–water partition coefficient (Wildman–Crippen LogP) is 2.79. The molecule has 2 heterocycles. The van der Waals surface area contributed by atoms with Gasteiger partial charge in [-0.25, -0.2) is 0 Å². The molecule has 1 unspecified atom stereocenters. The molecule has 1 saturated heterocycles. The van der Waals surface area contributed by atoms with Gasteiger partial charge < -0.3 is 19.7 Å². The van der Waals surface area contributed by atoms with Gasteiger partial charge in [-0.2, -0.15) is 0 Å². The molecule has 3 rings (SSSR count). The van der Waals surface area contributed by atoms with Gasteiger partial charge in [-0.05, 0) is 52.9 Å². The lowest BCUT2D eigenvalue weighted by molar-refractivity contribution is -0.143. The van der Waals surface area contributed by atoms with Crippen LogP contribution in [0.2, 0.25) is 0 Å². The van der Waals surface area contributed by atoms with Gasteiger partial charge in [0.25, 0.3) is 0 Å². The van der Waals surface area contributed by atoms with Crippen LogP contribution in [-0.2, 0) is 4.79 Å². The number of rotatable bonds is 5. The molecule has 0 radical (unpaired) electrons. The summed E-state index contributed by atoms with van der Waals surface area (Å²) >= 11 is 0. The number of carbonyl (C=O) groups is 2. The first kappa shape index (κ1) is 24.2. The second-order valence-electron chi connectivity index (χ2n) is 9.27. The lowest BCUT2D eigenvalue weighted by atomic mass is 9.91. The average Bonchev–Trinajstić information content (AvgIpc) is 3.11. The number of ketones is 1. The molecule has 1 aromatic rings. The molecule has 1 N–H and O–H groups in total. The van der Waals surface area contributed by atoms with Crippen LogP contribution in [0.4, 0.5) is 0 Å². The van der Waals surface area contributed by atoms with Gasteiger partial charge in [-0.15, -0.1) is 0 Å². The number of nitrogens with zero attached hydrogens (tertiary/aromatic N) is 2. The first-order chi connectivity index (χ1) is 14.0. The maximum atomic E-state index is 12.7. The highest BCUT2D eigenvalue weighted by molar-refractivity contribution is 6.02. The molecule has 1 amide bonds. The molecule has 168 valence electrons. The number of hydrogen-bond acceptors (Lipinski definition) is 6. The van der Waals surface area contributed by atoms with Gasteiger partial charge in [-0.3, -0.25) is 14.5 Å². The van der Waals surface area contributed by atoms with Crippen molar-refractivity contribution in [1.82, 2.24) is 15.1 Å². The van der Waals surface area contributed by atoms with E-state index in [2.05, 4.69) is 44.8 Å². The smallest absolute Gasteiger partial charge is 0.231 e. The Bertz CT molecular complexity index is 751. The first-order valence-corrected chi connectivity index (χ1v) is 10.6. The third-order valence-electron chi connectivity index (χ3n) is 5.72. The van der Waals surface area contributed by atoms with Crippen LogP contribution < -0.4 is 14.8 Å². The predicted molar refractivity (Wildman–Crippen MR) is 118 cm³/mol. The molecule has 7 nitrogen and oxygen atoms in total. The highest BCUT2D eigenvalue weighted by Crippen LogP contribution is 2.33. The number of amides is 1. The summed E-state index contributed by atoms with van der Waals surface area (Å²) in [5.41, 5.74) is 0.602. The Kier molecular flexibility index (Phi) is 7.88. The molecule has 0 aliphatic carbocycles. The summed E-state index contributed by atoms with van der Waals surface area (Å²) in [6.07, 6.45) is 0. The van der Waals surface area contributed by atoms with E-state index in [-0.39, 0.29) is 29.9 Å². The fourth-order valence-corrected chi connectivity index (χ4v) is 3.13. The molecule has 1 fully saturated rings. The normalized spacial score (nSPS) is 17.1. The van der Waals surface area contributed by atoms with Crippen LogP contribution in [0.3, 0.4) is 0 Å². The summed E-state index contributed by atoms with van der Waals surface area (Å²) in [6.45, 7) is 14.1. The van der Waals surface area contributed by atoms with Crippen LogP contribution in [0.1, 0.15) is 51.9 Å². The minimum absolute atomic E-state index is 0.0297. The molecule has 30 heavy (non-hydrogen) atoms. The van der Waals surface area contributed by atoms with Crippen molar-refractivity contribution in [1.29, 1.82) is 0 Å². The Morgan fingerprint density at radius 1 is 1.13 bits per heavy atom. The van der Waals surface area contributed by atoms with Gasteiger partial charge in [0.15, 0.2) is 17.3 Å². The number of benzene rings is 1. The summed E-state index contributed by atoms with van der Waals surface area (Å²) in [5.74, 6) is 1.12. The maximum absolute atomic E-state index is 12.7. The van der Waals surface area contributed by atoms with Gasteiger partial charge in [0.2, 0.25) is 12.7 Å². The van der Waals surface area contributed by atoms with E-state index in [4.69, 9.17) is 9.47 Å². The van der Waals surface area contributed by atoms with E-state index in [1.807, 2.05) is 7.05 Å². The zero-order valence-electron chi connectivity index (χ0n) is 19.6. The minimum atomic E-state index is -0.517. The molecular formula is C23H37N3O4. The number of carbonyl (C=O) groups excluding carboxylic acids is 2. The van der Waals surface area contributed by atoms with Gasteiger partial charge in [-0.1, -0.05) is 13.8 Å². The molecule has 2 aliphatic rings. The third-order valence-corrected chi connectivity index (χ3v) is 5.72. The zero-order chi connectivity index (χ0) is 22.6. The van der Waals surface area contributed by atoms with E-state index >= 15 is 0 Å². The summed E-state index contributed by atoms with van der Waals surface area (Å²) in [5, 5.41) is 3.03. The van der Waals surface area contributed by atoms with Crippen LogP contribution in [0.15, 0.2) is 18.2 Å². The number of nitrogens with one attached hydrogen (secondary N) is 1. The highest BCUT2D eigenvalue weighted by Gasteiger charge is 2.40. The van der Waals surface area contributed by atoms with E-state index in [0.29, 0.717) is 23.1 Å². The zero-order valence-corrected chi connectivity index (χ0v) is 19.6. The largest absolute Gasteiger partial charge is 0.454 e. The molecule has 0 spiro atoms. The Balaban J connectivity index is 0.000000575. The van der Waals surface area contributed by atoms with Gasteiger partial charge >= 0.3 is 0 Å². The van der Waals surface area contributed by atoms with Crippen molar-refractivity contribution in [2.24, 2.45) is 5.92 Å². The first-order valence-electron chi connectivity index (χ1n) is 10.6. The minimum Gasteiger partial charge on any atom is -0.454 e. The van der Waals surface area contributed by atoms with Crippen LogP contribution in [-0.4, -0.2) is 73.1 Å². The number of fused-ring (bicyclic) bond motifs is 1. The number of hydrogen-bond donors (Lipinski definition) is 1. The molecule has 7 heteroatoms. The Labute approximate surface area is 180 Å². The van der Waals surface area contributed by atoms with Crippen molar-refractivity contribution in [3.63, 3.8) is 0 Å². The number of likely N-dealkylation sites (tertiary alicyclic amines) is 1. The van der Waals surface area contributed by atoms with E-state index in [1.54, 1.807) is 37.1 Å². The van der Waals surface area contributed by atoms with Crippen molar-refractivity contribution < 1.29 is 19.1 Å². The fraction of sp³-hybridized carbons (Fsp3) is 0.652. The average molecular weight is 420 g/mol. The van der Waals surface area contributed by atoms with Crippen molar-refractivity contribution in [3.05, 3.63) is 23.8 Å². The van der Waals surface area contributed by atoms with Gasteiger partial charge in [0.05, 0.1) is 12.0 Å². The Morgan fingerprint density at radius 3 is 2.23 bits per heavy atom. The second-order valence-corrected chi connectivity index (χ2v) is 9.27. The van der Waals surface area contributed by atoms with Gasteiger partial charge in [0, 0.05) is 37.3 Å². The lowest BCUT2D eigenvalue weighted by Gasteiger charge is -2.48. The second kappa shape index (κ2) is 9.79. The molecule has 1 aromatic carbocycles. The summed E-state index contributed by atoms with van der Waals surface area (Å²) in [6, 6.07) is 5.25. The topological polar surface area (TPSA) is 71.1 Å². The summed E-state index contributed by atoms with van der Waals surface area (Å²) < 4.78 is 10.6. The Hall–Kier alpha value is -2.12. The van der Waals surface area contributed by atoms with E-state index < -0.39 is 6.04 Å². The molecule has 0 bridgehead atoms. The maximum Gasteiger partial charge on any atom is 0.231 e. The van der Waals surface area contributed by atoms with Crippen LogP contribution in [0.5, 0.6) is 11.5 Å². The molecule has 2 aliphatic heterocycles. The van der Waals surface area contributed by atoms with Crippen molar-refractivity contribution in [3.8, 4) is 11.5 Å². The van der Waals surface area contributed by atoms with E-state index in [0.717, 1.165) is 13.1 Å². The van der Waals surface area contributed by atoms with Crippen LogP contribution in [0, 0.1) is 5.92 Å².